The van der Waals surface area contributed by atoms with Gasteiger partial charge in [-0.05, 0) is 51.3 Å². The van der Waals surface area contributed by atoms with Gasteiger partial charge in [-0.25, -0.2) is 0 Å². The van der Waals surface area contributed by atoms with Gasteiger partial charge in [-0.1, -0.05) is 12.1 Å². The Balaban J connectivity index is 0.00000400. The Labute approximate surface area is 133 Å². The quantitative estimate of drug-likeness (QED) is 0.725. The fourth-order valence-corrected chi connectivity index (χ4v) is 1.77. The molecular formula is C16H27ClN2O2. The molecule has 0 atom stereocenters. The van der Waals surface area contributed by atoms with Crippen LogP contribution in [0.1, 0.15) is 38.7 Å². The second kappa shape index (κ2) is 9.64. The van der Waals surface area contributed by atoms with E-state index in [1.807, 2.05) is 45.0 Å². The number of rotatable bonds is 8. The van der Waals surface area contributed by atoms with E-state index in [9.17, 15) is 4.79 Å². The first-order chi connectivity index (χ1) is 9.43. The normalized spacial score (nSPS) is 10.7. The number of amides is 1. The van der Waals surface area contributed by atoms with E-state index in [0.29, 0.717) is 19.6 Å². The van der Waals surface area contributed by atoms with Crippen molar-refractivity contribution in [2.45, 2.75) is 45.6 Å². The summed E-state index contributed by atoms with van der Waals surface area (Å²) in [5.41, 5.74) is 6.43. The predicted octanol–water partition coefficient (Wildman–Crippen LogP) is 2.82. The van der Waals surface area contributed by atoms with Crippen molar-refractivity contribution < 1.29 is 9.53 Å². The molecule has 120 valence electrons. The van der Waals surface area contributed by atoms with Crippen molar-refractivity contribution in [1.29, 1.82) is 0 Å². The molecule has 0 heterocycles. The molecule has 0 saturated carbocycles. The number of ether oxygens (including phenoxy) is 1. The van der Waals surface area contributed by atoms with Crippen LogP contribution in [-0.4, -0.2) is 24.6 Å². The van der Waals surface area contributed by atoms with Gasteiger partial charge in [0.25, 0.3) is 0 Å². The van der Waals surface area contributed by atoms with Crippen LogP contribution in [0.2, 0.25) is 0 Å². The average molecular weight is 315 g/mol. The van der Waals surface area contributed by atoms with E-state index in [1.165, 1.54) is 5.56 Å². The Bertz CT molecular complexity index is 436. The predicted molar refractivity (Wildman–Crippen MR) is 89.0 cm³/mol. The largest absolute Gasteiger partial charge is 0.494 e. The van der Waals surface area contributed by atoms with E-state index >= 15 is 0 Å². The lowest BCUT2D eigenvalue weighted by Crippen LogP contribution is -2.48. The molecule has 0 aliphatic rings. The minimum absolute atomic E-state index is 0. The molecular weight excluding hydrogens is 288 g/mol. The molecule has 0 bridgehead atoms. The van der Waals surface area contributed by atoms with E-state index in [-0.39, 0.29) is 23.9 Å². The summed E-state index contributed by atoms with van der Waals surface area (Å²) in [6, 6.07) is 7.98. The molecule has 21 heavy (non-hydrogen) atoms. The number of hydrogen-bond acceptors (Lipinski definition) is 3. The van der Waals surface area contributed by atoms with Crippen molar-refractivity contribution in [2.24, 2.45) is 5.73 Å². The molecule has 5 heteroatoms. The number of carbonyl (C=O) groups excluding carboxylic acids is 1. The van der Waals surface area contributed by atoms with Gasteiger partial charge in [0.2, 0.25) is 5.91 Å². The van der Waals surface area contributed by atoms with Crippen molar-refractivity contribution in [3.05, 3.63) is 29.8 Å². The highest BCUT2D eigenvalue weighted by molar-refractivity contribution is 5.85. The van der Waals surface area contributed by atoms with Crippen molar-refractivity contribution in [1.82, 2.24) is 5.32 Å². The minimum atomic E-state index is -0.324. The molecule has 1 aromatic rings. The van der Waals surface area contributed by atoms with Crippen molar-refractivity contribution in [3.63, 3.8) is 0 Å². The van der Waals surface area contributed by atoms with E-state index in [0.717, 1.165) is 18.6 Å². The molecule has 0 radical (unpaired) electrons. The summed E-state index contributed by atoms with van der Waals surface area (Å²) in [5.74, 6) is 0.940. The zero-order valence-corrected chi connectivity index (χ0v) is 14.0. The molecule has 1 amide bonds. The first kappa shape index (κ1) is 19.7. The van der Waals surface area contributed by atoms with Gasteiger partial charge in [0.1, 0.15) is 5.75 Å². The van der Waals surface area contributed by atoms with Gasteiger partial charge in [0, 0.05) is 18.5 Å². The molecule has 3 N–H and O–H groups in total. The third-order valence-corrected chi connectivity index (χ3v) is 3.04. The van der Waals surface area contributed by atoms with Crippen LogP contribution in [0.3, 0.4) is 0 Å². The fraction of sp³-hybridized carbons (Fsp3) is 0.562. The number of halogens is 1. The highest BCUT2D eigenvalue weighted by atomic mass is 35.5. The summed E-state index contributed by atoms with van der Waals surface area (Å²) in [6.45, 7) is 6.96. The second-order valence-corrected chi connectivity index (χ2v) is 5.76. The summed E-state index contributed by atoms with van der Waals surface area (Å²) >= 11 is 0. The number of aryl methyl sites for hydroxylation is 1. The first-order valence-electron chi connectivity index (χ1n) is 7.13. The van der Waals surface area contributed by atoms with Crippen LogP contribution in [0.15, 0.2) is 24.3 Å². The van der Waals surface area contributed by atoms with Crippen LogP contribution in [-0.2, 0) is 4.79 Å². The monoisotopic (exact) mass is 314 g/mol. The zero-order chi connectivity index (χ0) is 15.0. The van der Waals surface area contributed by atoms with Crippen molar-refractivity contribution in [2.75, 3.05) is 13.2 Å². The summed E-state index contributed by atoms with van der Waals surface area (Å²) < 4.78 is 5.64. The second-order valence-electron chi connectivity index (χ2n) is 5.76. The smallest absolute Gasteiger partial charge is 0.220 e. The minimum Gasteiger partial charge on any atom is -0.494 e. The summed E-state index contributed by atoms with van der Waals surface area (Å²) in [4.78, 5) is 11.7. The first-order valence-corrected chi connectivity index (χ1v) is 7.13. The molecule has 0 saturated heterocycles. The Morgan fingerprint density at radius 2 is 2.05 bits per heavy atom. The Morgan fingerprint density at radius 3 is 2.67 bits per heavy atom. The van der Waals surface area contributed by atoms with Gasteiger partial charge in [0.15, 0.2) is 0 Å². The summed E-state index contributed by atoms with van der Waals surface area (Å²) in [7, 11) is 0. The molecule has 0 aliphatic carbocycles. The van der Waals surface area contributed by atoms with Gasteiger partial charge in [0.05, 0.1) is 6.61 Å². The molecule has 0 unspecified atom stereocenters. The number of benzene rings is 1. The number of unbranched alkanes of at least 4 members (excludes halogenated alkanes) is 1. The van der Waals surface area contributed by atoms with Gasteiger partial charge in [-0.2, -0.15) is 0 Å². The number of hydrogen-bond donors (Lipinski definition) is 2. The highest BCUT2D eigenvalue weighted by Crippen LogP contribution is 2.13. The van der Waals surface area contributed by atoms with Crippen molar-refractivity contribution in [3.8, 4) is 5.75 Å². The maximum Gasteiger partial charge on any atom is 0.220 e. The molecule has 0 aromatic heterocycles. The average Bonchev–Trinajstić information content (AvgIpc) is 2.38. The molecule has 1 aromatic carbocycles. The SMILES string of the molecule is Cc1cccc(OCCCCC(=O)NC(C)(C)CN)c1.Cl. The molecule has 4 nitrogen and oxygen atoms in total. The van der Waals surface area contributed by atoms with Gasteiger partial charge in [-0.3, -0.25) is 4.79 Å². The standard InChI is InChI=1S/C16H26N2O2.ClH/c1-13-7-6-8-14(11-13)20-10-5-4-9-15(19)18-16(2,3)12-17;/h6-8,11H,4-5,9-10,12,17H2,1-3H3,(H,18,19);1H. The Hall–Kier alpha value is -1.26. The van der Waals surface area contributed by atoms with Gasteiger partial charge < -0.3 is 15.8 Å². The van der Waals surface area contributed by atoms with Gasteiger partial charge in [-0.15, -0.1) is 12.4 Å². The lowest BCUT2D eigenvalue weighted by atomic mass is 10.1. The van der Waals surface area contributed by atoms with E-state index < -0.39 is 0 Å². The summed E-state index contributed by atoms with van der Waals surface area (Å²) in [5, 5.41) is 2.92. The highest BCUT2D eigenvalue weighted by Gasteiger charge is 2.17. The Morgan fingerprint density at radius 1 is 1.33 bits per heavy atom. The number of carbonyl (C=O) groups is 1. The zero-order valence-electron chi connectivity index (χ0n) is 13.1. The third-order valence-electron chi connectivity index (χ3n) is 3.04. The van der Waals surface area contributed by atoms with Crippen LogP contribution in [0.5, 0.6) is 5.75 Å². The van der Waals surface area contributed by atoms with Crippen molar-refractivity contribution >= 4 is 18.3 Å². The molecule has 1 rings (SSSR count). The molecule has 0 aliphatic heterocycles. The maximum absolute atomic E-state index is 11.7. The fourth-order valence-electron chi connectivity index (χ4n) is 1.77. The van der Waals surface area contributed by atoms with Gasteiger partial charge >= 0.3 is 0 Å². The summed E-state index contributed by atoms with van der Waals surface area (Å²) in [6.07, 6.45) is 2.20. The molecule has 0 fully saturated rings. The van der Waals surface area contributed by atoms with Crippen LogP contribution in [0.4, 0.5) is 0 Å². The lowest BCUT2D eigenvalue weighted by Gasteiger charge is -2.24. The van der Waals surface area contributed by atoms with Crippen LogP contribution in [0, 0.1) is 6.92 Å². The third kappa shape index (κ3) is 8.58. The number of nitrogens with one attached hydrogen (secondary N) is 1. The lowest BCUT2D eigenvalue weighted by molar-refractivity contribution is -0.122. The van der Waals surface area contributed by atoms with E-state index in [2.05, 4.69) is 5.32 Å². The number of nitrogens with two attached hydrogens (primary N) is 1. The van der Waals surface area contributed by atoms with Crippen LogP contribution >= 0.6 is 12.4 Å². The Kier molecular flexibility index (Phi) is 9.06. The van der Waals surface area contributed by atoms with Crippen LogP contribution < -0.4 is 15.8 Å². The topological polar surface area (TPSA) is 64.3 Å². The van der Waals surface area contributed by atoms with E-state index in [1.54, 1.807) is 0 Å². The van der Waals surface area contributed by atoms with Crippen LogP contribution in [0.25, 0.3) is 0 Å². The van der Waals surface area contributed by atoms with E-state index in [4.69, 9.17) is 10.5 Å². The molecule has 0 spiro atoms. The maximum atomic E-state index is 11.7.